The van der Waals surface area contributed by atoms with E-state index in [-0.39, 0.29) is 11.9 Å². The number of nitrogens with zero attached hydrogens (tertiary/aromatic N) is 1. The minimum atomic E-state index is -3.64. The summed E-state index contributed by atoms with van der Waals surface area (Å²) in [6, 6.07) is 14.5. The average Bonchev–Trinajstić information content (AvgIpc) is 2.75. The molecule has 0 saturated heterocycles. The minimum absolute atomic E-state index is 0.137. The largest absolute Gasteiger partial charge is 0.349 e. The molecule has 1 saturated carbocycles. The van der Waals surface area contributed by atoms with Crippen molar-refractivity contribution in [2.45, 2.75) is 44.2 Å². The molecule has 2 amide bonds. The summed E-state index contributed by atoms with van der Waals surface area (Å²) in [4.78, 5) is 26.1. The lowest BCUT2D eigenvalue weighted by Gasteiger charge is -2.26. The first-order valence-corrected chi connectivity index (χ1v) is 12.3. The van der Waals surface area contributed by atoms with E-state index in [4.69, 9.17) is 0 Å². The fourth-order valence-corrected chi connectivity index (χ4v) is 4.45. The number of benzene rings is 2. The lowest BCUT2D eigenvalue weighted by Crippen LogP contribution is -2.39. The molecule has 1 aliphatic rings. The number of carbonyl (C=O) groups is 2. The number of hydrogen-bond donors (Lipinski definition) is 2. The normalized spacial score (nSPS) is 16.0. The molecule has 8 heteroatoms. The molecule has 1 atom stereocenters. The van der Waals surface area contributed by atoms with Crippen molar-refractivity contribution in [3.63, 3.8) is 0 Å². The highest BCUT2D eigenvalue weighted by molar-refractivity contribution is 7.88. The van der Waals surface area contributed by atoms with Crippen LogP contribution in [0.5, 0.6) is 0 Å². The second-order valence-electron chi connectivity index (χ2n) is 7.94. The number of anilines is 1. The minimum Gasteiger partial charge on any atom is -0.349 e. The SMILES string of the molecule is CN([C@H](C(=O)Nc1ccccc1C(=O)NC1CCCCC1)c1ccccc1)S(C)(=O)=O. The van der Waals surface area contributed by atoms with Gasteiger partial charge in [-0.15, -0.1) is 0 Å². The van der Waals surface area contributed by atoms with Gasteiger partial charge >= 0.3 is 0 Å². The maximum atomic E-state index is 13.2. The molecule has 0 heterocycles. The van der Waals surface area contributed by atoms with Crippen LogP contribution in [0.3, 0.4) is 0 Å². The van der Waals surface area contributed by atoms with E-state index in [0.717, 1.165) is 36.2 Å². The van der Waals surface area contributed by atoms with E-state index < -0.39 is 22.0 Å². The van der Waals surface area contributed by atoms with Crippen molar-refractivity contribution < 1.29 is 18.0 Å². The Morgan fingerprint density at radius 2 is 1.58 bits per heavy atom. The molecule has 2 aromatic rings. The zero-order valence-corrected chi connectivity index (χ0v) is 18.7. The van der Waals surface area contributed by atoms with Gasteiger partial charge in [-0.3, -0.25) is 9.59 Å². The zero-order chi connectivity index (χ0) is 22.4. The molecule has 1 aliphatic carbocycles. The van der Waals surface area contributed by atoms with Crippen LogP contribution in [0.25, 0.3) is 0 Å². The van der Waals surface area contributed by atoms with E-state index in [1.54, 1.807) is 54.6 Å². The summed E-state index contributed by atoms with van der Waals surface area (Å²) in [6.07, 6.45) is 6.35. The smallest absolute Gasteiger partial charge is 0.253 e. The van der Waals surface area contributed by atoms with Gasteiger partial charge in [0.25, 0.3) is 5.91 Å². The fraction of sp³-hybridized carbons (Fsp3) is 0.391. The summed E-state index contributed by atoms with van der Waals surface area (Å²) in [7, 11) is -2.27. The Balaban J connectivity index is 1.84. The average molecular weight is 444 g/mol. The van der Waals surface area contributed by atoms with Crippen molar-refractivity contribution in [2.75, 3.05) is 18.6 Å². The van der Waals surface area contributed by atoms with Gasteiger partial charge in [-0.1, -0.05) is 61.7 Å². The third-order valence-corrected chi connectivity index (χ3v) is 6.88. The molecular weight excluding hydrogens is 414 g/mol. The van der Waals surface area contributed by atoms with Gasteiger partial charge in [-0.2, -0.15) is 4.31 Å². The van der Waals surface area contributed by atoms with Crippen molar-refractivity contribution in [3.8, 4) is 0 Å². The first kappa shape index (κ1) is 23.0. The van der Waals surface area contributed by atoms with Crippen LogP contribution in [0.1, 0.15) is 54.1 Å². The van der Waals surface area contributed by atoms with Gasteiger partial charge in [0.15, 0.2) is 0 Å². The molecule has 166 valence electrons. The summed E-state index contributed by atoms with van der Waals surface area (Å²) in [6.45, 7) is 0. The third kappa shape index (κ3) is 5.92. The number of amides is 2. The van der Waals surface area contributed by atoms with Gasteiger partial charge in [0.2, 0.25) is 15.9 Å². The molecule has 0 aliphatic heterocycles. The highest BCUT2D eigenvalue weighted by Crippen LogP contribution is 2.25. The van der Waals surface area contributed by atoms with Gasteiger partial charge in [0, 0.05) is 13.1 Å². The molecule has 7 nitrogen and oxygen atoms in total. The van der Waals surface area contributed by atoms with Crippen molar-refractivity contribution in [1.29, 1.82) is 0 Å². The predicted octanol–water partition coefficient (Wildman–Crippen LogP) is 3.32. The standard InChI is InChI=1S/C23H29N3O4S/c1-26(31(2,29)30)21(17-11-5-3-6-12-17)23(28)25-20-16-10-9-15-19(20)22(27)24-18-13-7-4-8-14-18/h3,5-6,9-12,15-16,18,21H,4,7-8,13-14H2,1-2H3,(H,24,27)(H,25,28)/t21-/m0/s1. The molecule has 0 bridgehead atoms. The molecule has 0 spiro atoms. The van der Waals surface area contributed by atoms with Crippen LogP contribution in [0.4, 0.5) is 5.69 Å². The Hall–Kier alpha value is -2.71. The van der Waals surface area contributed by atoms with Crippen molar-refractivity contribution in [1.82, 2.24) is 9.62 Å². The number of carbonyl (C=O) groups excluding carboxylic acids is 2. The highest BCUT2D eigenvalue weighted by Gasteiger charge is 2.31. The second kappa shape index (κ2) is 10.1. The summed E-state index contributed by atoms with van der Waals surface area (Å²) in [5.74, 6) is -0.771. The number of sulfonamides is 1. The molecule has 0 unspecified atom stereocenters. The van der Waals surface area contributed by atoms with Crippen molar-refractivity contribution in [3.05, 3.63) is 65.7 Å². The second-order valence-corrected chi connectivity index (χ2v) is 9.98. The van der Waals surface area contributed by atoms with Crippen molar-refractivity contribution in [2.24, 2.45) is 0 Å². The molecular formula is C23H29N3O4S. The van der Waals surface area contributed by atoms with E-state index >= 15 is 0 Å². The van der Waals surface area contributed by atoms with Gasteiger partial charge in [0.1, 0.15) is 6.04 Å². The van der Waals surface area contributed by atoms with Crippen LogP contribution in [-0.2, 0) is 14.8 Å². The summed E-state index contributed by atoms with van der Waals surface area (Å²) < 4.78 is 25.4. The number of nitrogens with one attached hydrogen (secondary N) is 2. The molecule has 3 rings (SSSR count). The number of likely N-dealkylation sites (N-methyl/N-ethyl adjacent to an activating group) is 1. The maximum Gasteiger partial charge on any atom is 0.253 e. The molecule has 31 heavy (non-hydrogen) atoms. The van der Waals surface area contributed by atoms with Gasteiger partial charge in [-0.25, -0.2) is 8.42 Å². The predicted molar refractivity (Wildman–Crippen MR) is 121 cm³/mol. The van der Waals surface area contributed by atoms with Crippen LogP contribution in [0.2, 0.25) is 0 Å². The van der Waals surface area contributed by atoms with E-state index in [1.807, 2.05) is 0 Å². The Bertz CT molecular complexity index is 1020. The van der Waals surface area contributed by atoms with Crippen LogP contribution in [0.15, 0.2) is 54.6 Å². The monoisotopic (exact) mass is 443 g/mol. The van der Waals surface area contributed by atoms with Crippen LogP contribution in [0, 0.1) is 0 Å². The molecule has 1 fully saturated rings. The quantitative estimate of drug-likeness (QED) is 0.686. The number of hydrogen-bond acceptors (Lipinski definition) is 4. The summed E-state index contributed by atoms with van der Waals surface area (Å²) in [5.41, 5.74) is 1.25. The maximum absolute atomic E-state index is 13.2. The summed E-state index contributed by atoms with van der Waals surface area (Å²) in [5, 5.41) is 5.83. The first-order chi connectivity index (χ1) is 14.8. The zero-order valence-electron chi connectivity index (χ0n) is 17.9. The Kier molecular flexibility index (Phi) is 7.46. The molecule has 2 aromatic carbocycles. The molecule has 2 N–H and O–H groups in total. The first-order valence-electron chi connectivity index (χ1n) is 10.5. The third-order valence-electron chi connectivity index (χ3n) is 5.62. The van der Waals surface area contributed by atoms with Crippen LogP contribution < -0.4 is 10.6 Å². The topological polar surface area (TPSA) is 95.6 Å². The van der Waals surface area contributed by atoms with Crippen LogP contribution in [-0.4, -0.2) is 43.9 Å². The van der Waals surface area contributed by atoms with Gasteiger partial charge in [-0.05, 0) is 30.5 Å². The Labute approximate surface area is 183 Å². The summed E-state index contributed by atoms with van der Waals surface area (Å²) >= 11 is 0. The number of rotatable bonds is 7. The van der Waals surface area contributed by atoms with Gasteiger partial charge in [0.05, 0.1) is 17.5 Å². The van der Waals surface area contributed by atoms with E-state index in [2.05, 4.69) is 10.6 Å². The van der Waals surface area contributed by atoms with E-state index in [1.165, 1.54) is 13.5 Å². The molecule has 0 radical (unpaired) electrons. The fourth-order valence-electron chi connectivity index (χ4n) is 3.85. The lowest BCUT2D eigenvalue weighted by molar-refractivity contribution is -0.119. The van der Waals surface area contributed by atoms with Gasteiger partial charge < -0.3 is 10.6 Å². The van der Waals surface area contributed by atoms with Crippen LogP contribution >= 0.6 is 0 Å². The van der Waals surface area contributed by atoms with E-state index in [9.17, 15) is 18.0 Å². The van der Waals surface area contributed by atoms with E-state index in [0.29, 0.717) is 16.8 Å². The number of para-hydroxylation sites is 1. The van der Waals surface area contributed by atoms with Crippen molar-refractivity contribution >= 4 is 27.5 Å². The molecule has 0 aromatic heterocycles. The highest BCUT2D eigenvalue weighted by atomic mass is 32.2. The Morgan fingerprint density at radius 3 is 2.23 bits per heavy atom. The lowest BCUT2D eigenvalue weighted by atomic mass is 9.95. The Morgan fingerprint density at radius 1 is 0.968 bits per heavy atom.